The van der Waals surface area contributed by atoms with Gasteiger partial charge in [-0.2, -0.15) is 0 Å². The first-order valence-corrected chi connectivity index (χ1v) is 6.32. The van der Waals surface area contributed by atoms with Crippen molar-refractivity contribution in [2.45, 2.75) is 33.2 Å². The van der Waals surface area contributed by atoms with Crippen LogP contribution in [0, 0.1) is 0 Å². The number of aliphatic imine (C=N–C) groups is 1. The highest BCUT2D eigenvalue weighted by Crippen LogP contribution is 1.86. The van der Waals surface area contributed by atoms with Gasteiger partial charge < -0.3 is 20.1 Å². The van der Waals surface area contributed by atoms with E-state index in [0.29, 0.717) is 19.3 Å². The minimum absolute atomic E-state index is 0.394. The molecule has 0 aromatic rings. The number of methoxy groups -OCH3 is 1. The third kappa shape index (κ3) is 11.5. The zero-order valence-corrected chi connectivity index (χ0v) is 11.6. The van der Waals surface area contributed by atoms with E-state index in [1.54, 1.807) is 7.11 Å². The SMILES string of the molecule is CCNC(=NCCCOCCOC)NC(C)C. The Labute approximate surface area is 105 Å². The van der Waals surface area contributed by atoms with Crippen molar-refractivity contribution in [2.75, 3.05) is 40.0 Å². The highest BCUT2D eigenvalue weighted by molar-refractivity contribution is 5.79. The molecule has 0 aromatic carbocycles. The first kappa shape index (κ1) is 16.2. The molecule has 0 saturated carbocycles. The zero-order chi connectivity index (χ0) is 12.9. The monoisotopic (exact) mass is 245 g/mol. The van der Waals surface area contributed by atoms with Gasteiger partial charge in [-0.25, -0.2) is 0 Å². The largest absolute Gasteiger partial charge is 0.382 e. The Morgan fingerprint density at radius 3 is 2.59 bits per heavy atom. The highest BCUT2D eigenvalue weighted by atomic mass is 16.5. The summed E-state index contributed by atoms with van der Waals surface area (Å²) in [5, 5.41) is 6.47. The van der Waals surface area contributed by atoms with E-state index in [2.05, 4.69) is 36.4 Å². The fourth-order valence-corrected chi connectivity index (χ4v) is 1.20. The molecule has 0 aliphatic carbocycles. The van der Waals surface area contributed by atoms with Crippen LogP contribution in [0.4, 0.5) is 0 Å². The summed E-state index contributed by atoms with van der Waals surface area (Å²) < 4.78 is 10.3. The molecule has 102 valence electrons. The van der Waals surface area contributed by atoms with Gasteiger partial charge in [0.2, 0.25) is 0 Å². The van der Waals surface area contributed by atoms with Crippen LogP contribution < -0.4 is 10.6 Å². The van der Waals surface area contributed by atoms with Gasteiger partial charge in [0.05, 0.1) is 13.2 Å². The molecule has 0 aliphatic heterocycles. The molecule has 0 atom stereocenters. The molecular formula is C12H27N3O2. The third-order valence-electron chi connectivity index (χ3n) is 1.92. The van der Waals surface area contributed by atoms with E-state index in [0.717, 1.165) is 32.1 Å². The molecule has 0 rings (SSSR count). The van der Waals surface area contributed by atoms with Crippen LogP contribution in [0.15, 0.2) is 4.99 Å². The second-order valence-electron chi connectivity index (χ2n) is 4.02. The molecule has 5 heteroatoms. The summed E-state index contributed by atoms with van der Waals surface area (Å²) in [6.45, 7) is 9.95. The van der Waals surface area contributed by atoms with Crippen molar-refractivity contribution < 1.29 is 9.47 Å². The lowest BCUT2D eigenvalue weighted by atomic mass is 10.4. The number of ether oxygens (including phenoxy) is 2. The number of rotatable bonds is 9. The molecule has 0 unspecified atom stereocenters. The number of hydrogen-bond donors (Lipinski definition) is 2. The van der Waals surface area contributed by atoms with Crippen molar-refractivity contribution in [3.63, 3.8) is 0 Å². The van der Waals surface area contributed by atoms with Crippen LogP contribution in [0.25, 0.3) is 0 Å². The molecule has 0 heterocycles. The Balaban J connectivity index is 3.61. The Morgan fingerprint density at radius 1 is 1.24 bits per heavy atom. The molecular weight excluding hydrogens is 218 g/mol. The predicted molar refractivity (Wildman–Crippen MR) is 71.6 cm³/mol. The van der Waals surface area contributed by atoms with E-state index < -0.39 is 0 Å². The van der Waals surface area contributed by atoms with E-state index in [1.165, 1.54) is 0 Å². The van der Waals surface area contributed by atoms with E-state index in [1.807, 2.05) is 0 Å². The Kier molecular flexibility index (Phi) is 11.1. The molecule has 0 aromatic heterocycles. The molecule has 5 nitrogen and oxygen atoms in total. The summed E-state index contributed by atoms with van der Waals surface area (Å²) in [7, 11) is 1.67. The normalized spacial score (nSPS) is 11.9. The van der Waals surface area contributed by atoms with Crippen molar-refractivity contribution in [1.29, 1.82) is 0 Å². The second kappa shape index (κ2) is 11.7. The molecule has 0 bridgehead atoms. The van der Waals surface area contributed by atoms with Gasteiger partial charge in [-0.15, -0.1) is 0 Å². The fraction of sp³-hybridized carbons (Fsp3) is 0.917. The summed E-state index contributed by atoms with van der Waals surface area (Å²) in [6, 6.07) is 0.394. The van der Waals surface area contributed by atoms with Crippen LogP contribution in [-0.4, -0.2) is 52.0 Å². The van der Waals surface area contributed by atoms with Crippen LogP contribution in [0.2, 0.25) is 0 Å². The quantitative estimate of drug-likeness (QED) is 0.361. The molecule has 0 saturated heterocycles. The average Bonchev–Trinajstić information content (AvgIpc) is 2.27. The van der Waals surface area contributed by atoms with Gasteiger partial charge in [0.1, 0.15) is 0 Å². The summed E-state index contributed by atoms with van der Waals surface area (Å²) in [5.74, 6) is 0.874. The van der Waals surface area contributed by atoms with Crippen molar-refractivity contribution in [1.82, 2.24) is 10.6 Å². The zero-order valence-electron chi connectivity index (χ0n) is 11.6. The lowest BCUT2D eigenvalue weighted by molar-refractivity contribution is 0.0702. The lowest BCUT2D eigenvalue weighted by Gasteiger charge is -2.13. The third-order valence-corrected chi connectivity index (χ3v) is 1.92. The van der Waals surface area contributed by atoms with Gasteiger partial charge in [-0.3, -0.25) is 4.99 Å². The molecule has 2 N–H and O–H groups in total. The first-order chi connectivity index (χ1) is 8.20. The summed E-state index contributed by atoms with van der Waals surface area (Å²) in [4.78, 5) is 4.45. The molecule has 0 radical (unpaired) electrons. The summed E-state index contributed by atoms with van der Waals surface area (Å²) in [5.41, 5.74) is 0. The van der Waals surface area contributed by atoms with Gasteiger partial charge >= 0.3 is 0 Å². The van der Waals surface area contributed by atoms with E-state index in [4.69, 9.17) is 9.47 Å². The van der Waals surface area contributed by atoms with E-state index in [-0.39, 0.29) is 0 Å². The summed E-state index contributed by atoms with van der Waals surface area (Å²) in [6.07, 6.45) is 0.929. The minimum Gasteiger partial charge on any atom is -0.382 e. The van der Waals surface area contributed by atoms with E-state index in [9.17, 15) is 0 Å². The van der Waals surface area contributed by atoms with Crippen molar-refractivity contribution in [3.05, 3.63) is 0 Å². The smallest absolute Gasteiger partial charge is 0.191 e. The minimum atomic E-state index is 0.394. The van der Waals surface area contributed by atoms with Gasteiger partial charge in [-0.1, -0.05) is 0 Å². The fourth-order valence-electron chi connectivity index (χ4n) is 1.20. The maximum absolute atomic E-state index is 5.36. The van der Waals surface area contributed by atoms with Crippen LogP contribution >= 0.6 is 0 Å². The van der Waals surface area contributed by atoms with Gasteiger partial charge in [0.25, 0.3) is 0 Å². The first-order valence-electron chi connectivity index (χ1n) is 6.32. The molecule has 0 amide bonds. The van der Waals surface area contributed by atoms with Gasteiger partial charge in [0.15, 0.2) is 5.96 Å². The molecule has 0 spiro atoms. The second-order valence-corrected chi connectivity index (χ2v) is 4.02. The summed E-state index contributed by atoms with van der Waals surface area (Å²) >= 11 is 0. The van der Waals surface area contributed by atoms with Gasteiger partial charge in [0, 0.05) is 32.8 Å². The number of guanidine groups is 1. The average molecular weight is 245 g/mol. The van der Waals surface area contributed by atoms with Gasteiger partial charge in [-0.05, 0) is 27.2 Å². The van der Waals surface area contributed by atoms with Crippen molar-refractivity contribution in [3.8, 4) is 0 Å². The Morgan fingerprint density at radius 2 is 2.00 bits per heavy atom. The van der Waals surface area contributed by atoms with Crippen LogP contribution in [0.1, 0.15) is 27.2 Å². The maximum atomic E-state index is 5.36. The Hall–Kier alpha value is -0.810. The number of nitrogens with zero attached hydrogens (tertiary/aromatic N) is 1. The van der Waals surface area contributed by atoms with Crippen molar-refractivity contribution in [2.24, 2.45) is 4.99 Å². The topological polar surface area (TPSA) is 54.9 Å². The van der Waals surface area contributed by atoms with E-state index >= 15 is 0 Å². The lowest BCUT2D eigenvalue weighted by Crippen LogP contribution is -2.41. The predicted octanol–water partition coefficient (Wildman–Crippen LogP) is 1.00. The Bertz CT molecular complexity index is 196. The standard InChI is InChI=1S/C12H27N3O2/c1-5-13-12(15-11(2)3)14-7-6-8-17-10-9-16-4/h11H,5-10H2,1-4H3,(H2,13,14,15). The number of nitrogens with one attached hydrogen (secondary N) is 2. The maximum Gasteiger partial charge on any atom is 0.191 e. The molecule has 0 aliphatic rings. The van der Waals surface area contributed by atoms with Crippen LogP contribution in [0.3, 0.4) is 0 Å². The van der Waals surface area contributed by atoms with Crippen molar-refractivity contribution >= 4 is 5.96 Å². The molecule has 0 fully saturated rings. The van der Waals surface area contributed by atoms with Crippen LogP contribution in [-0.2, 0) is 9.47 Å². The number of hydrogen-bond acceptors (Lipinski definition) is 3. The molecule has 17 heavy (non-hydrogen) atoms. The highest BCUT2D eigenvalue weighted by Gasteiger charge is 1.98. The van der Waals surface area contributed by atoms with Crippen LogP contribution in [0.5, 0.6) is 0 Å².